The second kappa shape index (κ2) is 6.29. The molecule has 1 saturated heterocycles. The van der Waals surface area contributed by atoms with Crippen molar-refractivity contribution in [2.45, 2.75) is 25.7 Å². The number of anilines is 1. The Labute approximate surface area is 154 Å². The molecule has 132 valence electrons. The molecule has 0 bridgehead atoms. The van der Waals surface area contributed by atoms with Crippen molar-refractivity contribution >= 4 is 39.3 Å². The number of hydrogen-bond acceptors (Lipinski definition) is 5. The van der Waals surface area contributed by atoms with Gasteiger partial charge in [0.05, 0.1) is 11.0 Å². The number of rotatable bonds is 2. The molecule has 1 fully saturated rings. The van der Waals surface area contributed by atoms with E-state index < -0.39 is 0 Å². The molecule has 1 aromatic carbocycles. The van der Waals surface area contributed by atoms with E-state index in [1.807, 2.05) is 42.5 Å². The van der Waals surface area contributed by atoms with E-state index in [1.54, 1.807) is 4.40 Å². The number of benzene rings is 1. The summed E-state index contributed by atoms with van der Waals surface area (Å²) in [7, 11) is 0. The minimum absolute atomic E-state index is 0.0357. The third-order valence-corrected chi connectivity index (χ3v) is 5.92. The van der Waals surface area contributed by atoms with Gasteiger partial charge in [0.15, 0.2) is 10.8 Å². The Morgan fingerprint density at radius 2 is 1.85 bits per heavy atom. The quantitative estimate of drug-likeness (QED) is 0.546. The Morgan fingerprint density at radius 1 is 1.04 bits per heavy atom. The molecule has 5 nitrogen and oxygen atoms in total. The fourth-order valence-electron chi connectivity index (χ4n) is 3.62. The maximum atomic E-state index is 12.8. The topological polar surface area (TPSA) is 50.8 Å². The molecule has 6 heteroatoms. The number of fused-ring (bicyclic) bond motifs is 3. The van der Waals surface area contributed by atoms with Crippen molar-refractivity contribution in [3.05, 3.63) is 57.0 Å². The molecular weight excluding hydrogens is 346 g/mol. The fraction of sp³-hybridized carbons (Fsp3) is 0.300. The average Bonchev–Trinajstić information content (AvgIpc) is 3.25. The summed E-state index contributed by atoms with van der Waals surface area (Å²) in [6, 6.07) is 11.7. The first-order valence-corrected chi connectivity index (χ1v) is 9.88. The van der Waals surface area contributed by atoms with Gasteiger partial charge >= 0.3 is 0 Å². The van der Waals surface area contributed by atoms with Crippen molar-refractivity contribution < 1.29 is 4.42 Å². The predicted octanol–water partition coefficient (Wildman–Crippen LogP) is 3.43. The normalized spacial score (nSPS) is 16.6. The molecule has 0 atom stereocenters. The summed E-state index contributed by atoms with van der Waals surface area (Å²) in [6.45, 7) is 2.08. The molecule has 4 heterocycles. The minimum atomic E-state index is -0.0357. The van der Waals surface area contributed by atoms with Gasteiger partial charge in [-0.2, -0.15) is 0 Å². The second-order valence-electron chi connectivity index (χ2n) is 6.71. The molecular formula is C20H19N3O2S. The van der Waals surface area contributed by atoms with Gasteiger partial charge in [0.1, 0.15) is 10.3 Å². The van der Waals surface area contributed by atoms with Gasteiger partial charge in [-0.15, -0.1) is 0 Å². The number of para-hydroxylation sites is 2. The highest BCUT2D eigenvalue weighted by atomic mass is 32.1. The molecule has 0 N–H and O–H groups in total. The van der Waals surface area contributed by atoms with Crippen molar-refractivity contribution in [1.82, 2.24) is 9.38 Å². The molecule has 0 aliphatic carbocycles. The van der Waals surface area contributed by atoms with Gasteiger partial charge < -0.3 is 9.32 Å². The van der Waals surface area contributed by atoms with Crippen LogP contribution in [0.3, 0.4) is 0 Å². The van der Waals surface area contributed by atoms with Crippen LogP contribution in [0.1, 0.15) is 31.4 Å². The number of nitrogens with zero attached hydrogens (tertiary/aromatic N) is 3. The number of hydrogen-bond donors (Lipinski definition) is 0. The summed E-state index contributed by atoms with van der Waals surface area (Å²) in [6.07, 6.45) is 6.83. The van der Waals surface area contributed by atoms with Gasteiger partial charge in [-0.1, -0.05) is 36.3 Å². The zero-order valence-corrected chi connectivity index (χ0v) is 15.2. The number of furan rings is 1. The van der Waals surface area contributed by atoms with Crippen molar-refractivity contribution in [2.75, 3.05) is 18.0 Å². The summed E-state index contributed by atoms with van der Waals surface area (Å²) in [5.74, 6) is 1.62. The van der Waals surface area contributed by atoms with Crippen LogP contribution in [0.15, 0.2) is 45.6 Å². The van der Waals surface area contributed by atoms with Crippen LogP contribution in [-0.2, 0) is 0 Å². The zero-order chi connectivity index (χ0) is 17.5. The van der Waals surface area contributed by atoms with E-state index in [-0.39, 0.29) is 5.56 Å². The van der Waals surface area contributed by atoms with Crippen LogP contribution >= 0.6 is 11.3 Å². The lowest BCUT2D eigenvalue weighted by molar-refractivity contribution is 0.535. The monoisotopic (exact) mass is 365 g/mol. The van der Waals surface area contributed by atoms with Crippen LogP contribution in [-0.4, -0.2) is 22.5 Å². The zero-order valence-electron chi connectivity index (χ0n) is 14.4. The lowest BCUT2D eigenvalue weighted by Gasteiger charge is -2.18. The first kappa shape index (κ1) is 15.6. The molecule has 0 amide bonds. The lowest BCUT2D eigenvalue weighted by Crippen LogP contribution is -2.23. The van der Waals surface area contributed by atoms with Gasteiger partial charge in [0.25, 0.3) is 5.56 Å². The Bertz CT molecular complexity index is 1180. The Hall–Kier alpha value is -2.60. The van der Waals surface area contributed by atoms with Crippen LogP contribution < -0.4 is 15.0 Å². The van der Waals surface area contributed by atoms with Crippen molar-refractivity contribution in [1.29, 1.82) is 0 Å². The standard InChI is InChI=1S/C20H19N3O2S/c24-19-17(26-20-21-15-7-3-4-8-16(15)23(19)20)13-14-9-10-18(25-14)22-11-5-1-2-6-12-22/h3-4,7-10,13H,1-2,5-6,11-12H2/b17-13-. The maximum Gasteiger partial charge on any atom is 0.275 e. The van der Waals surface area contributed by atoms with E-state index in [0.29, 0.717) is 4.53 Å². The molecule has 0 unspecified atom stereocenters. The summed E-state index contributed by atoms with van der Waals surface area (Å²) >= 11 is 1.40. The average molecular weight is 365 g/mol. The summed E-state index contributed by atoms with van der Waals surface area (Å²) < 4.78 is 8.34. The van der Waals surface area contributed by atoms with Crippen molar-refractivity contribution in [3.8, 4) is 0 Å². The van der Waals surface area contributed by atoms with E-state index >= 15 is 0 Å². The molecule has 1 aliphatic rings. The van der Waals surface area contributed by atoms with Crippen LogP contribution in [0.4, 0.5) is 5.88 Å². The molecule has 26 heavy (non-hydrogen) atoms. The first-order valence-electron chi connectivity index (χ1n) is 9.06. The smallest absolute Gasteiger partial charge is 0.275 e. The molecule has 5 rings (SSSR count). The molecule has 0 radical (unpaired) electrons. The second-order valence-corrected chi connectivity index (χ2v) is 7.72. The SMILES string of the molecule is O=c1/c(=C/c2ccc(N3CCCCCC3)o2)sc2nc3ccccc3n12. The van der Waals surface area contributed by atoms with E-state index in [9.17, 15) is 4.79 Å². The highest BCUT2D eigenvalue weighted by molar-refractivity contribution is 7.15. The van der Waals surface area contributed by atoms with E-state index in [0.717, 1.165) is 40.7 Å². The minimum Gasteiger partial charge on any atom is -0.441 e. The van der Waals surface area contributed by atoms with E-state index in [1.165, 1.54) is 37.0 Å². The van der Waals surface area contributed by atoms with E-state index in [2.05, 4.69) is 9.88 Å². The number of aromatic nitrogens is 2. The maximum absolute atomic E-state index is 12.8. The van der Waals surface area contributed by atoms with Gasteiger partial charge in [0, 0.05) is 25.2 Å². The molecule has 1 aliphatic heterocycles. The van der Waals surface area contributed by atoms with Gasteiger partial charge in [-0.25, -0.2) is 9.38 Å². The van der Waals surface area contributed by atoms with Crippen molar-refractivity contribution in [2.24, 2.45) is 0 Å². The van der Waals surface area contributed by atoms with Gasteiger partial charge in [0.2, 0.25) is 0 Å². The van der Waals surface area contributed by atoms with E-state index in [4.69, 9.17) is 4.42 Å². The fourth-order valence-corrected chi connectivity index (χ4v) is 4.59. The largest absolute Gasteiger partial charge is 0.441 e. The van der Waals surface area contributed by atoms with Crippen LogP contribution in [0, 0.1) is 0 Å². The Morgan fingerprint density at radius 3 is 2.69 bits per heavy atom. The van der Waals surface area contributed by atoms with Crippen LogP contribution in [0.5, 0.6) is 0 Å². The van der Waals surface area contributed by atoms with Gasteiger partial charge in [-0.05, 0) is 31.0 Å². The third-order valence-electron chi connectivity index (χ3n) is 4.95. The molecule has 4 aromatic rings. The highest BCUT2D eigenvalue weighted by Crippen LogP contribution is 2.23. The van der Waals surface area contributed by atoms with Gasteiger partial charge in [-0.3, -0.25) is 4.79 Å². The Balaban J connectivity index is 1.54. The van der Waals surface area contributed by atoms with Crippen LogP contribution in [0.2, 0.25) is 0 Å². The molecule has 0 spiro atoms. The predicted molar refractivity (Wildman–Crippen MR) is 105 cm³/mol. The molecule has 3 aromatic heterocycles. The number of thiazole rings is 1. The number of imidazole rings is 1. The van der Waals surface area contributed by atoms with Crippen molar-refractivity contribution in [3.63, 3.8) is 0 Å². The first-order chi connectivity index (χ1) is 12.8. The van der Waals surface area contributed by atoms with Crippen LogP contribution in [0.25, 0.3) is 22.1 Å². The summed E-state index contributed by atoms with van der Waals surface area (Å²) in [4.78, 5) is 20.4. The molecule has 0 saturated carbocycles. The summed E-state index contributed by atoms with van der Waals surface area (Å²) in [5.41, 5.74) is 1.67. The third kappa shape index (κ3) is 2.61. The summed E-state index contributed by atoms with van der Waals surface area (Å²) in [5, 5.41) is 0. The lowest BCUT2D eigenvalue weighted by atomic mass is 10.2. The Kier molecular flexibility index (Phi) is 3.78. The highest BCUT2D eigenvalue weighted by Gasteiger charge is 2.14.